The van der Waals surface area contributed by atoms with E-state index in [1.54, 1.807) is 23.1 Å². The summed E-state index contributed by atoms with van der Waals surface area (Å²) in [5.74, 6) is 0.556. The lowest BCUT2D eigenvalue weighted by atomic mass is 10.2. The van der Waals surface area contributed by atoms with E-state index in [1.165, 1.54) is 0 Å². The molecular formula is C15H13N3O2. The van der Waals surface area contributed by atoms with Crippen LogP contribution in [0.25, 0.3) is 5.69 Å². The first-order valence-corrected chi connectivity index (χ1v) is 6.20. The van der Waals surface area contributed by atoms with E-state index < -0.39 is 0 Å². The Labute approximate surface area is 116 Å². The summed E-state index contributed by atoms with van der Waals surface area (Å²) in [6.45, 7) is -0.0877. The first-order chi connectivity index (χ1) is 9.86. The van der Waals surface area contributed by atoms with Gasteiger partial charge in [-0.1, -0.05) is 36.4 Å². The lowest BCUT2D eigenvalue weighted by Crippen LogP contribution is -1.96. The van der Waals surface area contributed by atoms with Gasteiger partial charge in [0.15, 0.2) is 0 Å². The molecule has 0 atom stereocenters. The van der Waals surface area contributed by atoms with Crippen LogP contribution in [0.3, 0.4) is 0 Å². The fraction of sp³-hybridized carbons (Fsp3) is 0.0667. The van der Waals surface area contributed by atoms with Gasteiger partial charge in [-0.05, 0) is 18.2 Å². The molecule has 0 fully saturated rings. The van der Waals surface area contributed by atoms with Crippen LogP contribution in [0.15, 0.2) is 60.9 Å². The molecule has 0 bridgehead atoms. The van der Waals surface area contributed by atoms with Crippen molar-refractivity contribution in [2.45, 2.75) is 6.61 Å². The molecule has 2 aromatic carbocycles. The highest BCUT2D eigenvalue weighted by Crippen LogP contribution is 2.22. The maximum Gasteiger partial charge on any atom is 0.341 e. The summed E-state index contributed by atoms with van der Waals surface area (Å²) in [5, 5.41) is 13.5. The third kappa shape index (κ3) is 2.53. The largest absolute Gasteiger partial charge is 0.423 e. The normalized spacial score (nSPS) is 10.4. The second-order valence-electron chi connectivity index (χ2n) is 4.18. The highest BCUT2D eigenvalue weighted by molar-refractivity contribution is 5.35. The molecule has 5 heteroatoms. The van der Waals surface area contributed by atoms with Crippen molar-refractivity contribution in [3.05, 3.63) is 66.5 Å². The van der Waals surface area contributed by atoms with E-state index in [0.717, 1.165) is 5.69 Å². The molecule has 1 heterocycles. The smallest absolute Gasteiger partial charge is 0.341 e. The topological polar surface area (TPSA) is 60.2 Å². The van der Waals surface area contributed by atoms with E-state index in [-0.39, 0.29) is 12.6 Å². The van der Waals surface area contributed by atoms with Crippen molar-refractivity contribution < 1.29 is 9.84 Å². The number of benzene rings is 2. The van der Waals surface area contributed by atoms with Crippen molar-refractivity contribution in [3.8, 4) is 17.4 Å². The van der Waals surface area contributed by atoms with Crippen LogP contribution in [0, 0.1) is 0 Å². The van der Waals surface area contributed by atoms with Crippen LogP contribution in [0.4, 0.5) is 0 Å². The van der Waals surface area contributed by atoms with Gasteiger partial charge in [-0.15, -0.1) is 5.10 Å². The molecular weight excluding hydrogens is 254 g/mol. The van der Waals surface area contributed by atoms with E-state index >= 15 is 0 Å². The molecule has 100 valence electrons. The van der Waals surface area contributed by atoms with Gasteiger partial charge in [0, 0.05) is 5.56 Å². The molecule has 0 spiro atoms. The zero-order valence-corrected chi connectivity index (χ0v) is 10.7. The third-order valence-electron chi connectivity index (χ3n) is 2.84. The average Bonchev–Trinajstić information content (AvgIpc) is 2.97. The van der Waals surface area contributed by atoms with Gasteiger partial charge in [-0.3, -0.25) is 0 Å². The fourth-order valence-corrected chi connectivity index (χ4v) is 1.83. The fourth-order valence-electron chi connectivity index (χ4n) is 1.83. The number of aliphatic hydroxyl groups excluding tert-OH is 1. The number of aliphatic hydroxyl groups is 1. The zero-order chi connectivity index (χ0) is 13.8. The molecule has 0 aliphatic heterocycles. The molecule has 3 aromatic rings. The van der Waals surface area contributed by atoms with Crippen LogP contribution < -0.4 is 4.74 Å². The summed E-state index contributed by atoms with van der Waals surface area (Å²) < 4.78 is 7.24. The first kappa shape index (κ1) is 12.4. The summed E-state index contributed by atoms with van der Waals surface area (Å²) in [5.41, 5.74) is 1.61. The second kappa shape index (κ2) is 5.54. The molecule has 1 N–H and O–H groups in total. The molecule has 0 unspecified atom stereocenters. The zero-order valence-electron chi connectivity index (χ0n) is 10.7. The summed E-state index contributed by atoms with van der Waals surface area (Å²) in [6, 6.07) is 17.2. The molecule has 0 radical (unpaired) electrons. The Hall–Kier alpha value is -2.66. The van der Waals surface area contributed by atoms with Gasteiger partial charge in [-0.2, -0.15) is 4.98 Å². The summed E-state index contributed by atoms with van der Waals surface area (Å²) in [4.78, 5) is 4.11. The molecule has 0 aliphatic rings. The highest BCUT2D eigenvalue weighted by Gasteiger charge is 2.07. The van der Waals surface area contributed by atoms with Crippen molar-refractivity contribution in [3.63, 3.8) is 0 Å². The molecule has 1 aromatic heterocycles. The molecule has 0 amide bonds. The van der Waals surface area contributed by atoms with E-state index in [0.29, 0.717) is 11.3 Å². The summed E-state index contributed by atoms with van der Waals surface area (Å²) in [7, 11) is 0. The van der Waals surface area contributed by atoms with Gasteiger partial charge in [0.25, 0.3) is 0 Å². The number of nitrogens with zero attached hydrogens (tertiary/aromatic N) is 3. The van der Waals surface area contributed by atoms with Gasteiger partial charge >= 0.3 is 6.01 Å². The van der Waals surface area contributed by atoms with Gasteiger partial charge in [0.05, 0.1) is 12.3 Å². The van der Waals surface area contributed by atoms with Crippen LogP contribution >= 0.6 is 0 Å². The lowest BCUT2D eigenvalue weighted by molar-refractivity contribution is 0.275. The number of hydrogen-bond donors (Lipinski definition) is 1. The van der Waals surface area contributed by atoms with Gasteiger partial charge in [0.2, 0.25) is 0 Å². The Morgan fingerprint density at radius 3 is 2.55 bits per heavy atom. The predicted octanol–water partition coefficient (Wildman–Crippen LogP) is 2.55. The number of hydrogen-bond acceptors (Lipinski definition) is 4. The Kier molecular flexibility index (Phi) is 3.43. The van der Waals surface area contributed by atoms with Gasteiger partial charge in [-0.25, -0.2) is 4.68 Å². The van der Waals surface area contributed by atoms with Crippen molar-refractivity contribution >= 4 is 0 Å². The van der Waals surface area contributed by atoms with E-state index in [4.69, 9.17) is 4.74 Å². The number of rotatable bonds is 4. The first-order valence-electron chi connectivity index (χ1n) is 6.20. The van der Waals surface area contributed by atoms with E-state index in [1.807, 2.05) is 42.5 Å². The third-order valence-corrected chi connectivity index (χ3v) is 2.84. The standard InChI is InChI=1S/C15H13N3O2/c19-10-12-6-4-5-9-14(12)20-15-16-11-18(17-15)13-7-2-1-3-8-13/h1-9,11,19H,10H2. The number of para-hydroxylation sites is 2. The predicted molar refractivity (Wildman–Crippen MR) is 73.8 cm³/mol. The van der Waals surface area contributed by atoms with Crippen LogP contribution in [-0.4, -0.2) is 19.9 Å². The molecule has 5 nitrogen and oxygen atoms in total. The Balaban J connectivity index is 1.84. The lowest BCUT2D eigenvalue weighted by Gasteiger charge is -2.05. The molecule has 0 saturated carbocycles. The average molecular weight is 267 g/mol. The minimum absolute atomic E-state index is 0.0877. The van der Waals surface area contributed by atoms with Crippen LogP contribution in [-0.2, 0) is 6.61 Å². The highest BCUT2D eigenvalue weighted by atomic mass is 16.5. The van der Waals surface area contributed by atoms with Crippen molar-refractivity contribution in [1.29, 1.82) is 0 Å². The van der Waals surface area contributed by atoms with E-state index in [9.17, 15) is 5.11 Å². The monoisotopic (exact) mass is 267 g/mol. The van der Waals surface area contributed by atoms with Crippen LogP contribution in [0.5, 0.6) is 11.8 Å². The molecule has 3 rings (SSSR count). The minimum atomic E-state index is -0.0877. The van der Waals surface area contributed by atoms with Crippen LogP contribution in [0.2, 0.25) is 0 Å². The summed E-state index contributed by atoms with van der Waals surface area (Å²) >= 11 is 0. The maximum absolute atomic E-state index is 9.25. The quantitative estimate of drug-likeness (QED) is 0.789. The number of ether oxygens (including phenoxy) is 1. The Morgan fingerprint density at radius 1 is 1.00 bits per heavy atom. The van der Waals surface area contributed by atoms with Crippen molar-refractivity contribution in [2.75, 3.05) is 0 Å². The summed E-state index contributed by atoms with van der Waals surface area (Å²) in [6.07, 6.45) is 1.59. The van der Waals surface area contributed by atoms with Gasteiger partial charge in [0.1, 0.15) is 12.1 Å². The maximum atomic E-state index is 9.25. The molecule has 0 saturated heterocycles. The van der Waals surface area contributed by atoms with E-state index in [2.05, 4.69) is 10.1 Å². The Bertz CT molecular complexity index is 695. The van der Waals surface area contributed by atoms with Crippen LogP contribution in [0.1, 0.15) is 5.56 Å². The van der Waals surface area contributed by atoms with Crippen molar-refractivity contribution in [1.82, 2.24) is 14.8 Å². The number of aromatic nitrogens is 3. The second-order valence-corrected chi connectivity index (χ2v) is 4.18. The minimum Gasteiger partial charge on any atom is -0.423 e. The van der Waals surface area contributed by atoms with Crippen molar-refractivity contribution in [2.24, 2.45) is 0 Å². The SMILES string of the molecule is OCc1ccccc1Oc1ncn(-c2ccccc2)n1. The molecule has 0 aliphatic carbocycles. The Morgan fingerprint density at radius 2 is 1.75 bits per heavy atom. The molecule has 20 heavy (non-hydrogen) atoms. The van der Waals surface area contributed by atoms with Gasteiger partial charge < -0.3 is 9.84 Å².